The molecule has 1 aromatic carbocycles. The van der Waals surface area contributed by atoms with Crippen LogP contribution in [0.1, 0.15) is 26.3 Å². The number of aliphatic carboxylic acids is 1. The van der Waals surface area contributed by atoms with Crippen LogP contribution in [0.25, 0.3) is 0 Å². The van der Waals surface area contributed by atoms with Gasteiger partial charge in [-0.3, -0.25) is 15.4 Å². The standard InChI is InChI=1S/C17H26N2O4/c1-11(12(2)21)16(17(22)23)19-13(3)18-15(10-20)9-14-7-5-4-6-8-14/h4-8,10-13,15-16,18-19,21H,9H2,1-3H3,(H,22,23)/t11-,12-,13?,15+,16+/m0/s1. The summed E-state index contributed by atoms with van der Waals surface area (Å²) in [6, 6.07) is 8.27. The first-order chi connectivity index (χ1) is 10.8. The molecule has 23 heavy (non-hydrogen) atoms. The maximum absolute atomic E-state index is 11.4. The minimum atomic E-state index is -1.03. The van der Waals surface area contributed by atoms with Crippen molar-refractivity contribution in [2.45, 2.75) is 51.5 Å². The van der Waals surface area contributed by atoms with Gasteiger partial charge in [-0.05, 0) is 25.8 Å². The zero-order chi connectivity index (χ0) is 17.4. The molecule has 0 fully saturated rings. The molecule has 0 aliphatic carbocycles. The van der Waals surface area contributed by atoms with Gasteiger partial charge < -0.3 is 15.0 Å². The fourth-order valence-corrected chi connectivity index (χ4v) is 2.38. The molecule has 0 spiro atoms. The van der Waals surface area contributed by atoms with Crippen molar-refractivity contribution in [1.29, 1.82) is 0 Å². The second kappa shape index (κ2) is 9.39. The molecular weight excluding hydrogens is 296 g/mol. The number of carbonyl (C=O) groups excluding carboxylic acids is 1. The van der Waals surface area contributed by atoms with E-state index in [1.165, 1.54) is 0 Å². The first kappa shape index (κ1) is 19.3. The molecule has 6 heteroatoms. The minimum Gasteiger partial charge on any atom is -0.480 e. The summed E-state index contributed by atoms with van der Waals surface area (Å²) < 4.78 is 0. The number of hydrogen-bond acceptors (Lipinski definition) is 5. The van der Waals surface area contributed by atoms with Crippen molar-refractivity contribution in [3.05, 3.63) is 35.9 Å². The van der Waals surface area contributed by atoms with Crippen molar-refractivity contribution < 1.29 is 19.8 Å². The molecule has 0 bridgehead atoms. The number of carboxylic acid groups (broad SMARTS) is 1. The van der Waals surface area contributed by atoms with E-state index in [1.807, 2.05) is 30.3 Å². The third kappa shape index (κ3) is 6.48. The summed E-state index contributed by atoms with van der Waals surface area (Å²) in [5, 5.41) is 24.9. The predicted molar refractivity (Wildman–Crippen MR) is 88.0 cm³/mol. The van der Waals surface area contributed by atoms with Crippen LogP contribution in [-0.4, -0.2) is 46.8 Å². The van der Waals surface area contributed by atoms with E-state index in [0.29, 0.717) is 6.42 Å². The zero-order valence-electron chi connectivity index (χ0n) is 13.8. The van der Waals surface area contributed by atoms with Crippen LogP contribution in [0, 0.1) is 5.92 Å². The van der Waals surface area contributed by atoms with E-state index in [2.05, 4.69) is 10.6 Å². The molecule has 0 saturated heterocycles. The highest BCUT2D eigenvalue weighted by Gasteiger charge is 2.29. The Hall–Kier alpha value is -1.76. The predicted octanol–water partition coefficient (Wildman–Crippen LogP) is 0.792. The van der Waals surface area contributed by atoms with Gasteiger partial charge in [-0.25, -0.2) is 0 Å². The fourth-order valence-electron chi connectivity index (χ4n) is 2.38. The van der Waals surface area contributed by atoms with Crippen molar-refractivity contribution in [3.8, 4) is 0 Å². The maximum atomic E-state index is 11.4. The van der Waals surface area contributed by atoms with Gasteiger partial charge in [0.2, 0.25) is 0 Å². The summed E-state index contributed by atoms with van der Waals surface area (Å²) in [4.78, 5) is 22.6. The van der Waals surface area contributed by atoms with Crippen molar-refractivity contribution in [1.82, 2.24) is 10.6 Å². The number of aliphatic hydroxyl groups is 1. The first-order valence-corrected chi connectivity index (χ1v) is 7.77. The SMILES string of the molecule is CC(N[C@@H](C=O)Cc1ccccc1)N[C@@H](C(=O)O)[C@@H](C)[C@H](C)O. The molecule has 5 atom stereocenters. The van der Waals surface area contributed by atoms with E-state index >= 15 is 0 Å². The first-order valence-electron chi connectivity index (χ1n) is 7.77. The number of carbonyl (C=O) groups is 2. The molecule has 4 N–H and O–H groups in total. The van der Waals surface area contributed by atoms with Gasteiger partial charge >= 0.3 is 5.97 Å². The number of aldehydes is 1. The second-order valence-electron chi connectivity index (χ2n) is 5.90. The van der Waals surface area contributed by atoms with Crippen molar-refractivity contribution >= 4 is 12.3 Å². The van der Waals surface area contributed by atoms with Gasteiger partial charge in [0.05, 0.1) is 18.3 Å². The Morgan fingerprint density at radius 1 is 1.17 bits per heavy atom. The summed E-state index contributed by atoms with van der Waals surface area (Å²) in [6.45, 7) is 4.99. The Morgan fingerprint density at radius 2 is 1.78 bits per heavy atom. The lowest BCUT2D eigenvalue weighted by molar-refractivity contribution is -0.142. The Kier molecular flexibility index (Phi) is 7.88. The third-order valence-corrected chi connectivity index (χ3v) is 3.91. The van der Waals surface area contributed by atoms with Crippen LogP contribution in [0.5, 0.6) is 0 Å². The van der Waals surface area contributed by atoms with E-state index in [-0.39, 0.29) is 0 Å². The van der Waals surface area contributed by atoms with E-state index in [0.717, 1.165) is 11.8 Å². The highest BCUT2D eigenvalue weighted by Crippen LogP contribution is 2.10. The number of nitrogens with one attached hydrogen (secondary N) is 2. The zero-order valence-corrected chi connectivity index (χ0v) is 13.8. The van der Waals surface area contributed by atoms with Gasteiger partial charge in [0.15, 0.2) is 0 Å². The van der Waals surface area contributed by atoms with Gasteiger partial charge in [-0.1, -0.05) is 37.3 Å². The van der Waals surface area contributed by atoms with Crippen molar-refractivity contribution in [3.63, 3.8) is 0 Å². The summed E-state index contributed by atoms with van der Waals surface area (Å²) >= 11 is 0. The Bertz CT molecular complexity index is 493. The highest BCUT2D eigenvalue weighted by molar-refractivity contribution is 5.74. The van der Waals surface area contributed by atoms with Crippen molar-refractivity contribution in [2.75, 3.05) is 0 Å². The summed E-state index contributed by atoms with van der Waals surface area (Å²) in [5.41, 5.74) is 1.02. The van der Waals surface area contributed by atoms with Crippen LogP contribution in [-0.2, 0) is 16.0 Å². The van der Waals surface area contributed by atoms with Crippen LogP contribution >= 0.6 is 0 Å². The third-order valence-electron chi connectivity index (χ3n) is 3.91. The normalized spacial score (nSPS) is 17.7. The number of rotatable bonds is 10. The highest BCUT2D eigenvalue weighted by atomic mass is 16.4. The van der Waals surface area contributed by atoms with Crippen LogP contribution in [0.4, 0.5) is 0 Å². The Morgan fingerprint density at radius 3 is 2.26 bits per heavy atom. The lowest BCUT2D eigenvalue weighted by Gasteiger charge is -2.28. The van der Waals surface area contributed by atoms with Crippen LogP contribution in [0.3, 0.4) is 0 Å². The lowest BCUT2D eigenvalue weighted by atomic mass is 9.96. The van der Waals surface area contributed by atoms with E-state index in [4.69, 9.17) is 0 Å². The Balaban J connectivity index is 2.62. The van der Waals surface area contributed by atoms with E-state index in [9.17, 15) is 19.8 Å². The number of benzene rings is 1. The van der Waals surface area contributed by atoms with Crippen LogP contribution in [0.2, 0.25) is 0 Å². The average Bonchev–Trinajstić information content (AvgIpc) is 2.51. The van der Waals surface area contributed by atoms with Gasteiger partial charge in [-0.2, -0.15) is 0 Å². The summed E-state index contributed by atoms with van der Waals surface area (Å²) in [5.74, 6) is -1.49. The number of hydrogen-bond donors (Lipinski definition) is 4. The molecule has 0 amide bonds. The molecule has 0 aromatic heterocycles. The molecule has 0 heterocycles. The van der Waals surface area contributed by atoms with Crippen LogP contribution < -0.4 is 10.6 Å². The molecule has 128 valence electrons. The molecule has 0 saturated carbocycles. The van der Waals surface area contributed by atoms with Gasteiger partial charge in [0.25, 0.3) is 0 Å². The molecule has 6 nitrogen and oxygen atoms in total. The average molecular weight is 322 g/mol. The number of aliphatic hydroxyl groups excluding tert-OH is 1. The Labute approximate surface area is 136 Å². The van der Waals surface area contributed by atoms with E-state index in [1.54, 1.807) is 20.8 Å². The molecule has 0 aliphatic rings. The van der Waals surface area contributed by atoms with Crippen molar-refractivity contribution in [2.24, 2.45) is 5.92 Å². The summed E-state index contributed by atoms with van der Waals surface area (Å²) in [6.07, 6.45) is 0.206. The lowest BCUT2D eigenvalue weighted by Crippen LogP contribution is -2.55. The van der Waals surface area contributed by atoms with E-state index < -0.39 is 36.2 Å². The molecule has 1 aromatic rings. The second-order valence-corrected chi connectivity index (χ2v) is 5.90. The fraction of sp³-hybridized carbons (Fsp3) is 0.529. The molecule has 0 aliphatic heterocycles. The monoisotopic (exact) mass is 322 g/mol. The molecule has 1 rings (SSSR count). The van der Waals surface area contributed by atoms with Crippen LogP contribution in [0.15, 0.2) is 30.3 Å². The van der Waals surface area contributed by atoms with Gasteiger partial charge in [0.1, 0.15) is 12.3 Å². The molecule has 1 unspecified atom stereocenters. The molecule has 0 radical (unpaired) electrons. The maximum Gasteiger partial charge on any atom is 0.321 e. The minimum absolute atomic E-state index is 0.392. The number of carboxylic acids is 1. The summed E-state index contributed by atoms with van der Waals surface area (Å²) in [7, 11) is 0. The topological polar surface area (TPSA) is 98.7 Å². The smallest absolute Gasteiger partial charge is 0.321 e. The van der Waals surface area contributed by atoms with Gasteiger partial charge in [-0.15, -0.1) is 0 Å². The van der Waals surface area contributed by atoms with Gasteiger partial charge in [0, 0.05) is 5.92 Å². The quantitative estimate of drug-likeness (QED) is 0.375. The molecular formula is C17H26N2O4. The largest absolute Gasteiger partial charge is 0.480 e.